The third kappa shape index (κ3) is 3.17. The van der Waals surface area contributed by atoms with Crippen LogP contribution in [0.3, 0.4) is 0 Å². The molecular formula is C18H17NO2. The molecule has 0 unspecified atom stereocenters. The van der Waals surface area contributed by atoms with Crippen molar-refractivity contribution >= 4 is 16.9 Å². The van der Waals surface area contributed by atoms with Crippen molar-refractivity contribution in [1.82, 2.24) is 4.90 Å². The van der Waals surface area contributed by atoms with Gasteiger partial charge in [-0.25, -0.2) is 4.79 Å². The van der Waals surface area contributed by atoms with Gasteiger partial charge in [0.2, 0.25) is 0 Å². The van der Waals surface area contributed by atoms with Crippen LogP contribution in [0.25, 0.3) is 10.8 Å². The van der Waals surface area contributed by atoms with Gasteiger partial charge in [-0.05, 0) is 35.7 Å². The van der Waals surface area contributed by atoms with Crippen LogP contribution in [-0.2, 0) is 0 Å². The van der Waals surface area contributed by atoms with Crippen molar-refractivity contribution in [3.63, 3.8) is 0 Å². The monoisotopic (exact) mass is 279 g/mol. The Morgan fingerprint density at radius 3 is 2.52 bits per heavy atom. The number of carboxylic acid groups (broad SMARTS) is 1. The Balaban J connectivity index is 1.70. The highest BCUT2D eigenvalue weighted by Gasteiger charge is 2.20. The van der Waals surface area contributed by atoms with Gasteiger partial charge < -0.3 is 10.0 Å². The maximum absolute atomic E-state index is 10.9. The highest BCUT2D eigenvalue weighted by atomic mass is 16.4. The summed E-state index contributed by atoms with van der Waals surface area (Å²) in [6, 6.07) is 14.5. The van der Waals surface area contributed by atoms with E-state index in [2.05, 4.69) is 36.1 Å². The molecule has 0 aromatic heterocycles. The zero-order chi connectivity index (χ0) is 14.7. The summed E-state index contributed by atoms with van der Waals surface area (Å²) in [5, 5.41) is 11.3. The number of piperidine rings is 1. The molecule has 1 N–H and O–H groups in total. The standard InChI is InChI=1S/C18H17NO2/c20-18(21)19-11-9-14(10-12-19)5-6-15-7-8-16-3-1-2-4-17(16)13-15/h1-4,7-8,13-14H,9-12H2,(H,20,21). The minimum Gasteiger partial charge on any atom is -0.465 e. The molecule has 0 saturated carbocycles. The first kappa shape index (κ1) is 13.5. The van der Waals surface area contributed by atoms with Gasteiger partial charge in [-0.1, -0.05) is 42.2 Å². The molecule has 0 atom stereocenters. The lowest BCUT2D eigenvalue weighted by atomic mass is 9.97. The predicted octanol–water partition coefficient (Wildman–Crippen LogP) is 3.58. The van der Waals surface area contributed by atoms with E-state index < -0.39 is 6.09 Å². The molecule has 1 heterocycles. The lowest BCUT2D eigenvalue weighted by Gasteiger charge is -2.27. The zero-order valence-corrected chi connectivity index (χ0v) is 11.7. The highest BCUT2D eigenvalue weighted by Crippen LogP contribution is 2.18. The number of carbonyl (C=O) groups is 1. The molecule has 1 amide bonds. The quantitative estimate of drug-likeness (QED) is 0.749. The van der Waals surface area contributed by atoms with Crippen molar-refractivity contribution in [3.8, 4) is 11.8 Å². The Bertz CT molecular complexity index is 719. The van der Waals surface area contributed by atoms with E-state index in [0.29, 0.717) is 19.0 Å². The number of likely N-dealkylation sites (tertiary alicyclic amines) is 1. The number of benzene rings is 2. The second-order valence-corrected chi connectivity index (χ2v) is 5.38. The number of nitrogens with zero attached hydrogens (tertiary/aromatic N) is 1. The Morgan fingerprint density at radius 1 is 1.10 bits per heavy atom. The van der Waals surface area contributed by atoms with Crippen LogP contribution < -0.4 is 0 Å². The summed E-state index contributed by atoms with van der Waals surface area (Å²) in [6.07, 6.45) is 0.829. The molecule has 3 rings (SSSR count). The number of hydrogen-bond donors (Lipinski definition) is 1. The van der Waals surface area contributed by atoms with Gasteiger partial charge >= 0.3 is 6.09 Å². The number of amides is 1. The van der Waals surface area contributed by atoms with Crippen LogP contribution in [0.15, 0.2) is 42.5 Å². The molecule has 21 heavy (non-hydrogen) atoms. The van der Waals surface area contributed by atoms with Crippen molar-refractivity contribution < 1.29 is 9.90 Å². The summed E-state index contributed by atoms with van der Waals surface area (Å²) < 4.78 is 0. The summed E-state index contributed by atoms with van der Waals surface area (Å²) in [5.74, 6) is 6.83. The Morgan fingerprint density at radius 2 is 1.81 bits per heavy atom. The fraction of sp³-hybridized carbons (Fsp3) is 0.278. The summed E-state index contributed by atoms with van der Waals surface area (Å²) in [7, 11) is 0. The Hall–Kier alpha value is -2.47. The first-order chi connectivity index (χ1) is 10.2. The van der Waals surface area contributed by atoms with Crippen LogP contribution >= 0.6 is 0 Å². The van der Waals surface area contributed by atoms with Crippen molar-refractivity contribution in [1.29, 1.82) is 0 Å². The highest BCUT2D eigenvalue weighted by molar-refractivity contribution is 5.83. The number of rotatable bonds is 0. The van der Waals surface area contributed by atoms with Gasteiger partial charge in [0.25, 0.3) is 0 Å². The van der Waals surface area contributed by atoms with Gasteiger partial charge in [0.1, 0.15) is 0 Å². The minimum absolute atomic E-state index is 0.298. The van der Waals surface area contributed by atoms with Gasteiger partial charge in [-0.2, -0.15) is 0 Å². The molecular weight excluding hydrogens is 262 g/mol. The molecule has 2 aromatic rings. The lowest BCUT2D eigenvalue weighted by Crippen LogP contribution is -2.37. The minimum atomic E-state index is -0.823. The molecule has 0 aliphatic carbocycles. The summed E-state index contributed by atoms with van der Waals surface area (Å²) >= 11 is 0. The SMILES string of the molecule is O=C(O)N1CCC(C#Cc2ccc3ccccc3c2)CC1. The van der Waals surface area contributed by atoms with Crippen molar-refractivity contribution in [2.75, 3.05) is 13.1 Å². The molecule has 3 nitrogen and oxygen atoms in total. The van der Waals surface area contributed by atoms with Gasteiger partial charge in [0, 0.05) is 24.6 Å². The molecule has 1 aliphatic rings. The van der Waals surface area contributed by atoms with E-state index >= 15 is 0 Å². The van der Waals surface area contributed by atoms with Gasteiger partial charge in [-0.15, -0.1) is 0 Å². The predicted molar refractivity (Wildman–Crippen MR) is 83.1 cm³/mol. The van der Waals surface area contributed by atoms with Crippen molar-refractivity contribution in [2.24, 2.45) is 5.92 Å². The summed E-state index contributed by atoms with van der Waals surface area (Å²) in [6.45, 7) is 1.18. The fourth-order valence-electron chi connectivity index (χ4n) is 2.67. The number of fused-ring (bicyclic) bond motifs is 1. The molecule has 0 bridgehead atoms. The average Bonchev–Trinajstić information content (AvgIpc) is 2.53. The topological polar surface area (TPSA) is 40.5 Å². The fourth-order valence-corrected chi connectivity index (χ4v) is 2.67. The van der Waals surface area contributed by atoms with E-state index in [1.165, 1.54) is 15.7 Å². The maximum Gasteiger partial charge on any atom is 0.407 e. The van der Waals surface area contributed by atoms with Gasteiger partial charge in [0.05, 0.1) is 0 Å². The molecule has 1 aliphatic heterocycles. The second-order valence-electron chi connectivity index (χ2n) is 5.38. The van der Waals surface area contributed by atoms with Crippen LogP contribution in [0.5, 0.6) is 0 Å². The third-order valence-electron chi connectivity index (χ3n) is 3.94. The summed E-state index contributed by atoms with van der Waals surface area (Å²) in [5.41, 5.74) is 1.02. The van der Waals surface area contributed by atoms with E-state index in [4.69, 9.17) is 5.11 Å². The van der Waals surface area contributed by atoms with Crippen LogP contribution in [-0.4, -0.2) is 29.2 Å². The van der Waals surface area contributed by atoms with E-state index in [9.17, 15) is 4.79 Å². The molecule has 1 fully saturated rings. The molecule has 0 radical (unpaired) electrons. The van der Waals surface area contributed by atoms with Crippen LogP contribution in [0, 0.1) is 17.8 Å². The molecule has 2 aromatic carbocycles. The van der Waals surface area contributed by atoms with Crippen LogP contribution in [0.2, 0.25) is 0 Å². The average molecular weight is 279 g/mol. The first-order valence-electron chi connectivity index (χ1n) is 7.20. The van der Waals surface area contributed by atoms with E-state index in [1.54, 1.807) is 0 Å². The molecule has 1 saturated heterocycles. The Kier molecular flexibility index (Phi) is 3.79. The largest absolute Gasteiger partial charge is 0.465 e. The molecule has 0 spiro atoms. The third-order valence-corrected chi connectivity index (χ3v) is 3.94. The number of hydrogen-bond acceptors (Lipinski definition) is 1. The maximum atomic E-state index is 10.9. The zero-order valence-electron chi connectivity index (χ0n) is 11.7. The first-order valence-corrected chi connectivity index (χ1v) is 7.20. The van der Waals surface area contributed by atoms with Gasteiger partial charge in [0.15, 0.2) is 0 Å². The van der Waals surface area contributed by atoms with E-state index in [-0.39, 0.29) is 0 Å². The van der Waals surface area contributed by atoms with Crippen molar-refractivity contribution in [3.05, 3.63) is 48.0 Å². The van der Waals surface area contributed by atoms with E-state index in [0.717, 1.165) is 18.4 Å². The normalized spacial score (nSPS) is 15.5. The van der Waals surface area contributed by atoms with Crippen LogP contribution in [0.1, 0.15) is 18.4 Å². The smallest absolute Gasteiger partial charge is 0.407 e. The Labute approximate surface area is 124 Å². The second kappa shape index (κ2) is 5.88. The lowest BCUT2D eigenvalue weighted by molar-refractivity contribution is 0.130. The summed E-state index contributed by atoms with van der Waals surface area (Å²) in [4.78, 5) is 12.3. The van der Waals surface area contributed by atoms with Crippen LogP contribution in [0.4, 0.5) is 4.79 Å². The molecule has 106 valence electrons. The van der Waals surface area contributed by atoms with E-state index in [1.807, 2.05) is 18.2 Å². The van der Waals surface area contributed by atoms with Gasteiger partial charge in [-0.3, -0.25) is 0 Å². The van der Waals surface area contributed by atoms with Crippen molar-refractivity contribution in [2.45, 2.75) is 12.8 Å². The molecule has 3 heteroatoms.